The van der Waals surface area contributed by atoms with Gasteiger partial charge in [-0.3, -0.25) is 0 Å². The zero-order valence-corrected chi connectivity index (χ0v) is 11.3. The fraction of sp³-hybridized carbons (Fsp3) is 0.462. The summed E-state index contributed by atoms with van der Waals surface area (Å²) in [4.78, 5) is 4.52. The molecule has 0 bridgehead atoms. The van der Waals surface area contributed by atoms with Crippen LogP contribution in [0.3, 0.4) is 0 Å². The van der Waals surface area contributed by atoms with Crippen LogP contribution in [0.5, 0.6) is 0 Å². The third-order valence-electron chi connectivity index (χ3n) is 2.36. The molecule has 0 radical (unpaired) electrons. The Balaban J connectivity index is 2.74. The van der Waals surface area contributed by atoms with Gasteiger partial charge in [-0.1, -0.05) is 36.6 Å². The van der Waals surface area contributed by atoms with E-state index in [2.05, 4.69) is 54.5 Å². The number of aryl methyl sites for hydroxylation is 2. The molecule has 0 spiro atoms. The molecule has 1 aromatic carbocycles. The van der Waals surface area contributed by atoms with Crippen LogP contribution in [0, 0.1) is 13.8 Å². The normalized spacial score (nSPS) is 11.0. The van der Waals surface area contributed by atoms with Crippen molar-refractivity contribution in [2.24, 2.45) is 4.99 Å². The number of aliphatic imine (C=N–C) groups is 1. The average molecular weight is 236 g/mol. The van der Waals surface area contributed by atoms with Crippen LogP contribution in [0.4, 0.5) is 5.69 Å². The molecule has 88 valence electrons. The van der Waals surface area contributed by atoms with E-state index in [9.17, 15) is 0 Å². The molecule has 0 N–H and O–H groups in total. The minimum Gasteiger partial charge on any atom is -0.307 e. The van der Waals surface area contributed by atoms with E-state index in [1.807, 2.05) is 6.34 Å². The molecule has 0 fully saturated rings. The topological polar surface area (TPSA) is 15.6 Å². The van der Waals surface area contributed by atoms with Crippen molar-refractivity contribution in [2.45, 2.75) is 27.2 Å². The molecule has 0 atom stereocenters. The average Bonchev–Trinajstić information content (AvgIpc) is 2.26. The van der Waals surface area contributed by atoms with E-state index in [1.54, 1.807) is 11.9 Å². The summed E-state index contributed by atoms with van der Waals surface area (Å²) < 4.78 is 2.15. The maximum absolute atomic E-state index is 4.52. The molecule has 0 aliphatic rings. The smallest absolute Gasteiger partial charge is 0.101 e. The Morgan fingerprint density at radius 1 is 1.38 bits per heavy atom. The van der Waals surface area contributed by atoms with Crippen LogP contribution in [0.2, 0.25) is 0 Å². The summed E-state index contributed by atoms with van der Waals surface area (Å²) in [7, 11) is 0. The van der Waals surface area contributed by atoms with Gasteiger partial charge in [0.15, 0.2) is 0 Å². The van der Waals surface area contributed by atoms with E-state index in [-0.39, 0.29) is 0 Å². The standard InChI is InChI=1S/C13H20N2S/c1-5-8-15(16-4)10-14-13-7-6-11(2)9-12(13)3/h6-7,9-10H,5,8H2,1-4H3. The molecular weight excluding hydrogens is 216 g/mol. The first-order chi connectivity index (χ1) is 7.67. The molecule has 0 amide bonds. The highest BCUT2D eigenvalue weighted by Crippen LogP contribution is 2.19. The predicted molar refractivity (Wildman–Crippen MR) is 74.6 cm³/mol. The number of benzene rings is 1. The molecule has 1 rings (SSSR count). The molecular formula is C13H20N2S. The lowest BCUT2D eigenvalue weighted by Crippen LogP contribution is -2.13. The highest BCUT2D eigenvalue weighted by Gasteiger charge is 1.98. The molecule has 0 aliphatic carbocycles. The highest BCUT2D eigenvalue weighted by atomic mass is 32.2. The van der Waals surface area contributed by atoms with E-state index in [1.165, 1.54) is 11.1 Å². The Labute approximate surface area is 103 Å². The van der Waals surface area contributed by atoms with E-state index >= 15 is 0 Å². The van der Waals surface area contributed by atoms with Gasteiger partial charge in [0, 0.05) is 12.8 Å². The molecule has 0 heterocycles. The van der Waals surface area contributed by atoms with E-state index in [4.69, 9.17) is 0 Å². The molecule has 0 unspecified atom stereocenters. The van der Waals surface area contributed by atoms with Crippen molar-refractivity contribution in [2.75, 3.05) is 12.8 Å². The van der Waals surface area contributed by atoms with Gasteiger partial charge in [0.05, 0.1) is 5.69 Å². The van der Waals surface area contributed by atoms with Crippen molar-refractivity contribution >= 4 is 24.0 Å². The summed E-state index contributed by atoms with van der Waals surface area (Å²) in [5, 5.41) is 0. The summed E-state index contributed by atoms with van der Waals surface area (Å²) in [6.07, 6.45) is 5.13. The first kappa shape index (κ1) is 13.1. The Morgan fingerprint density at radius 2 is 2.12 bits per heavy atom. The van der Waals surface area contributed by atoms with Crippen molar-refractivity contribution < 1.29 is 0 Å². The van der Waals surface area contributed by atoms with Crippen molar-refractivity contribution in [1.29, 1.82) is 0 Å². The maximum Gasteiger partial charge on any atom is 0.101 e. The number of hydrogen-bond donors (Lipinski definition) is 0. The van der Waals surface area contributed by atoms with E-state index in [0.29, 0.717) is 0 Å². The van der Waals surface area contributed by atoms with Gasteiger partial charge in [0.2, 0.25) is 0 Å². The number of nitrogens with zero attached hydrogens (tertiary/aromatic N) is 2. The fourth-order valence-electron chi connectivity index (χ4n) is 1.49. The van der Waals surface area contributed by atoms with Crippen molar-refractivity contribution in [3.8, 4) is 0 Å². The third-order valence-corrected chi connectivity index (χ3v) is 3.10. The van der Waals surface area contributed by atoms with Gasteiger partial charge < -0.3 is 4.31 Å². The molecule has 0 saturated heterocycles. The molecule has 0 saturated carbocycles. The summed E-state index contributed by atoms with van der Waals surface area (Å²) >= 11 is 1.71. The first-order valence-corrected chi connectivity index (χ1v) is 6.77. The fourth-order valence-corrected chi connectivity index (χ4v) is 2.00. The summed E-state index contributed by atoms with van der Waals surface area (Å²) in [6, 6.07) is 6.34. The lowest BCUT2D eigenvalue weighted by atomic mass is 10.1. The second-order valence-electron chi connectivity index (χ2n) is 3.86. The van der Waals surface area contributed by atoms with Crippen LogP contribution in [0.25, 0.3) is 0 Å². The van der Waals surface area contributed by atoms with Crippen LogP contribution in [-0.4, -0.2) is 23.4 Å². The van der Waals surface area contributed by atoms with Gasteiger partial charge in [-0.05, 0) is 31.9 Å². The summed E-state index contributed by atoms with van der Waals surface area (Å²) in [5.41, 5.74) is 3.57. The quantitative estimate of drug-likeness (QED) is 0.437. The van der Waals surface area contributed by atoms with Crippen molar-refractivity contribution in [1.82, 2.24) is 4.31 Å². The predicted octanol–water partition coefficient (Wildman–Crippen LogP) is 3.95. The van der Waals surface area contributed by atoms with E-state index < -0.39 is 0 Å². The molecule has 3 heteroatoms. The maximum atomic E-state index is 4.52. The van der Waals surface area contributed by atoms with E-state index in [0.717, 1.165) is 18.7 Å². The van der Waals surface area contributed by atoms with Gasteiger partial charge in [-0.15, -0.1) is 0 Å². The Morgan fingerprint density at radius 3 is 2.69 bits per heavy atom. The lowest BCUT2D eigenvalue weighted by molar-refractivity contribution is 0.669. The molecule has 0 aliphatic heterocycles. The summed E-state index contributed by atoms with van der Waals surface area (Å²) in [5.74, 6) is 0. The zero-order chi connectivity index (χ0) is 12.0. The third kappa shape index (κ3) is 3.89. The van der Waals surface area contributed by atoms with Crippen LogP contribution in [-0.2, 0) is 0 Å². The number of rotatable bonds is 5. The Kier molecular flexibility index (Phi) is 5.39. The largest absolute Gasteiger partial charge is 0.307 e. The minimum atomic E-state index is 1.04. The van der Waals surface area contributed by atoms with Gasteiger partial charge >= 0.3 is 0 Å². The van der Waals surface area contributed by atoms with Gasteiger partial charge in [0.1, 0.15) is 6.34 Å². The van der Waals surface area contributed by atoms with Gasteiger partial charge in [-0.2, -0.15) is 0 Å². The van der Waals surface area contributed by atoms with Gasteiger partial charge in [0.25, 0.3) is 0 Å². The Hall–Kier alpha value is -0.960. The highest BCUT2D eigenvalue weighted by molar-refractivity contribution is 7.96. The van der Waals surface area contributed by atoms with Crippen LogP contribution < -0.4 is 0 Å². The lowest BCUT2D eigenvalue weighted by Gasteiger charge is -2.14. The van der Waals surface area contributed by atoms with Crippen molar-refractivity contribution in [3.05, 3.63) is 29.3 Å². The Bertz CT molecular complexity index is 361. The van der Waals surface area contributed by atoms with Crippen LogP contribution >= 0.6 is 11.9 Å². The monoisotopic (exact) mass is 236 g/mol. The van der Waals surface area contributed by atoms with Crippen molar-refractivity contribution in [3.63, 3.8) is 0 Å². The summed E-state index contributed by atoms with van der Waals surface area (Å²) in [6.45, 7) is 7.42. The second-order valence-corrected chi connectivity index (χ2v) is 4.69. The minimum absolute atomic E-state index is 1.04. The zero-order valence-electron chi connectivity index (χ0n) is 10.5. The SMILES string of the molecule is CCCN(C=Nc1ccc(C)cc1C)SC. The molecule has 1 aromatic rings. The molecule has 16 heavy (non-hydrogen) atoms. The molecule has 0 aromatic heterocycles. The van der Waals surface area contributed by atoms with Crippen LogP contribution in [0.15, 0.2) is 23.2 Å². The second kappa shape index (κ2) is 6.59. The number of hydrogen-bond acceptors (Lipinski definition) is 2. The molecule has 2 nitrogen and oxygen atoms in total. The van der Waals surface area contributed by atoms with Crippen LogP contribution in [0.1, 0.15) is 24.5 Å². The first-order valence-electron chi connectivity index (χ1n) is 5.59. The van der Waals surface area contributed by atoms with Gasteiger partial charge in [-0.25, -0.2) is 4.99 Å².